The molecule has 0 saturated carbocycles. The van der Waals surface area contributed by atoms with Crippen LogP contribution in [0.3, 0.4) is 0 Å². The van der Waals surface area contributed by atoms with Gasteiger partial charge >= 0.3 is 253 Å². The molecule has 0 nitrogen and oxygen atoms in total. The van der Waals surface area contributed by atoms with Gasteiger partial charge in [-0.25, -0.2) is 0 Å². The fourth-order valence-electron chi connectivity index (χ4n) is 8.41. The summed E-state index contributed by atoms with van der Waals surface area (Å²) in [4.78, 5) is 0. The number of halogens is 1. The minimum Gasteiger partial charge on any atom is -1.00 e. The molecule has 0 saturated heterocycles. The second-order valence-corrected chi connectivity index (χ2v) is 33.3. The van der Waals surface area contributed by atoms with Gasteiger partial charge in [-0.1, -0.05) is 0 Å². The first kappa shape index (κ1) is 28.5. The van der Waals surface area contributed by atoms with E-state index >= 15 is 0 Å². The molecule has 0 radical (unpaired) electrons. The third-order valence-corrected chi connectivity index (χ3v) is 36.0. The van der Waals surface area contributed by atoms with Gasteiger partial charge < -0.3 is 12.4 Å². The maximum Gasteiger partial charge on any atom is -1.00 e. The van der Waals surface area contributed by atoms with Crippen LogP contribution in [0.15, 0.2) is 133 Å². The molecular weight excluding hydrogens is 635 g/mol. The molecule has 0 bridgehead atoms. The van der Waals surface area contributed by atoms with Crippen molar-refractivity contribution in [1.29, 1.82) is 0 Å². The maximum atomic E-state index is 2.53. The Morgan fingerprint density at radius 2 is 0.907 bits per heavy atom. The molecule has 0 aliphatic heterocycles. The zero-order chi connectivity index (χ0) is 28.5. The van der Waals surface area contributed by atoms with E-state index in [1.807, 2.05) is 0 Å². The van der Waals surface area contributed by atoms with E-state index < -0.39 is 17.4 Å². The molecule has 0 aromatic heterocycles. The first-order valence-electron chi connectivity index (χ1n) is 15.1. The fourth-order valence-corrected chi connectivity index (χ4v) is 33.0. The Labute approximate surface area is 263 Å². The molecule has 8 rings (SSSR count). The van der Waals surface area contributed by atoms with Crippen molar-refractivity contribution in [2.75, 3.05) is 0 Å². The SMILES string of the molecule is Cc1ccc[c]([Zr](=[SiH2])([c]2ccccc2)([c]2cccc3c2Cc2ccccc2-3)[c]2cccc3c2Cc2ccccc2-3)c1C.[Cl-]. The zero-order valence-corrected chi connectivity index (χ0v) is 29.3. The molecule has 0 heterocycles. The number of hydrogen-bond acceptors (Lipinski definition) is 0. The number of rotatable bonds is 4. The Hall–Kier alpha value is -3.29. The molecule has 6 aromatic rings. The second-order valence-electron chi connectivity index (χ2n) is 12.4. The van der Waals surface area contributed by atoms with Crippen molar-refractivity contribution in [1.82, 2.24) is 0 Å². The van der Waals surface area contributed by atoms with Gasteiger partial charge in [0.15, 0.2) is 0 Å². The zero-order valence-electron chi connectivity index (χ0n) is 24.7. The maximum absolute atomic E-state index is 4.67. The van der Waals surface area contributed by atoms with Crippen molar-refractivity contribution in [3.63, 3.8) is 0 Å². The third kappa shape index (κ3) is 3.83. The van der Waals surface area contributed by atoms with Crippen molar-refractivity contribution in [3.8, 4) is 22.3 Å². The van der Waals surface area contributed by atoms with E-state index in [2.05, 4.69) is 154 Å². The van der Waals surface area contributed by atoms with Gasteiger partial charge in [0.1, 0.15) is 0 Å². The van der Waals surface area contributed by atoms with Gasteiger partial charge in [-0.3, -0.25) is 0 Å². The summed E-state index contributed by atoms with van der Waals surface area (Å²) in [5, 5.41) is 0. The molecule has 0 atom stereocenters. The number of fused-ring (bicyclic) bond motifs is 6. The first-order chi connectivity index (χ1) is 20.5. The second kappa shape index (κ2) is 10.4. The molecule has 0 spiro atoms. The Morgan fingerprint density at radius 3 is 1.47 bits per heavy atom. The average Bonchev–Trinajstić information content (AvgIpc) is 3.61. The Bertz CT molecular complexity index is 2020. The van der Waals surface area contributed by atoms with Gasteiger partial charge in [-0.2, -0.15) is 0 Å². The minimum atomic E-state index is -4.67. The van der Waals surface area contributed by atoms with Crippen LogP contribution in [-0.2, 0) is 30.2 Å². The van der Waals surface area contributed by atoms with Crippen LogP contribution in [0.1, 0.15) is 33.4 Å². The van der Waals surface area contributed by atoms with E-state index in [4.69, 9.17) is 0 Å². The largest absolute Gasteiger partial charge is 1.00 e. The van der Waals surface area contributed by atoms with Crippen LogP contribution in [0.25, 0.3) is 22.3 Å². The van der Waals surface area contributed by atoms with Crippen LogP contribution >= 0.6 is 0 Å². The normalized spacial score (nSPS) is 13.0. The van der Waals surface area contributed by atoms with Crippen LogP contribution in [0.4, 0.5) is 0 Å². The molecule has 0 N–H and O–H groups in total. The molecule has 6 aromatic carbocycles. The van der Waals surface area contributed by atoms with Crippen molar-refractivity contribution in [2.45, 2.75) is 26.7 Å². The molecule has 2 aliphatic carbocycles. The standard InChI is InChI=1S/2C13H9.C8H9.C6H5.ClH.H2Si.Zr/c2*1-3-7-12-10(5-1)9-11-6-2-4-8-13(11)12;1-7-5-3-4-6-8(7)2;1-2-4-6-5-3-1;;;/h2*1-5,7-8H,9H2;3-5H,1-2H3;1-5H;1H;1H2;/p-1. The smallest absolute Gasteiger partial charge is 1.00 e. The molecule has 0 fully saturated rings. The number of benzene rings is 6. The van der Waals surface area contributed by atoms with Gasteiger partial charge in [0.05, 0.1) is 0 Å². The minimum absolute atomic E-state index is 0. The van der Waals surface area contributed by atoms with E-state index in [1.165, 1.54) is 58.9 Å². The summed E-state index contributed by atoms with van der Waals surface area (Å²) in [6, 6.07) is 51.4. The van der Waals surface area contributed by atoms with E-state index in [-0.39, 0.29) is 12.4 Å². The van der Waals surface area contributed by atoms with E-state index in [1.54, 1.807) is 9.81 Å². The summed E-state index contributed by atoms with van der Waals surface area (Å²) in [6.07, 6.45) is 1.99. The molecule has 210 valence electrons. The van der Waals surface area contributed by atoms with Gasteiger partial charge in [0, 0.05) is 0 Å². The predicted octanol–water partition coefficient (Wildman–Crippen LogP) is 3.29. The quantitative estimate of drug-likeness (QED) is 0.253. The fraction of sp³-hybridized carbons (Fsp3) is 0.100. The summed E-state index contributed by atoms with van der Waals surface area (Å²) in [7, 11) is 0. The molecule has 0 unspecified atom stereocenters. The van der Waals surface area contributed by atoms with Crippen LogP contribution in [0.5, 0.6) is 0 Å². The van der Waals surface area contributed by atoms with E-state index in [0.29, 0.717) is 0 Å². The molecule has 3 heteroatoms. The number of hydrogen-bond donors (Lipinski definition) is 0. The van der Waals surface area contributed by atoms with Crippen LogP contribution in [0, 0.1) is 13.8 Å². The average molecular weight is 669 g/mol. The summed E-state index contributed by atoms with van der Waals surface area (Å²) >= 11 is -4.67. The first-order valence-corrected chi connectivity index (χ1v) is 25.9. The summed E-state index contributed by atoms with van der Waals surface area (Å²) in [5.41, 5.74) is 14.5. The Balaban J connectivity index is 0.00000300. The summed E-state index contributed by atoms with van der Waals surface area (Å²) in [6.45, 7) is 7.08. The molecule has 43 heavy (non-hydrogen) atoms. The van der Waals surface area contributed by atoms with Crippen LogP contribution < -0.4 is 25.5 Å². The molecule has 0 amide bonds. The molecule has 2 aliphatic rings. The van der Waals surface area contributed by atoms with Gasteiger partial charge in [-0.15, -0.1) is 0 Å². The molecular formula is C40H34ClSiZr-. The van der Waals surface area contributed by atoms with Gasteiger partial charge in [0.25, 0.3) is 0 Å². The number of aryl methyl sites for hydroxylation is 1. The topological polar surface area (TPSA) is 0 Å². The van der Waals surface area contributed by atoms with E-state index in [9.17, 15) is 0 Å². The van der Waals surface area contributed by atoms with Crippen LogP contribution in [0.2, 0.25) is 0 Å². The van der Waals surface area contributed by atoms with Crippen molar-refractivity contribution in [2.24, 2.45) is 0 Å². The third-order valence-electron chi connectivity index (χ3n) is 10.5. The monoisotopic (exact) mass is 667 g/mol. The Kier molecular flexibility index (Phi) is 6.90. The summed E-state index contributed by atoms with van der Waals surface area (Å²) in [5.74, 6) is 0. The van der Waals surface area contributed by atoms with Gasteiger partial charge in [0.2, 0.25) is 0 Å². The van der Waals surface area contributed by atoms with E-state index in [0.717, 1.165) is 12.8 Å². The predicted molar refractivity (Wildman–Crippen MR) is 179 cm³/mol. The summed E-state index contributed by atoms with van der Waals surface area (Å²) < 4.78 is 6.31. The van der Waals surface area contributed by atoms with Crippen LogP contribution in [-0.4, -0.2) is 6.88 Å². The van der Waals surface area contributed by atoms with Crippen molar-refractivity contribution < 1.29 is 29.8 Å². The van der Waals surface area contributed by atoms with Crippen molar-refractivity contribution in [3.05, 3.63) is 167 Å². The van der Waals surface area contributed by atoms with Gasteiger partial charge in [-0.05, 0) is 0 Å². The van der Waals surface area contributed by atoms with Crippen molar-refractivity contribution >= 4 is 20.0 Å². The Morgan fingerprint density at radius 1 is 0.465 bits per heavy atom.